The highest BCUT2D eigenvalue weighted by molar-refractivity contribution is 5.76. The van der Waals surface area contributed by atoms with E-state index >= 15 is 0 Å². The van der Waals surface area contributed by atoms with E-state index in [2.05, 4.69) is 9.97 Å². The molecule has 1 amide bonds. The Morgan fingerprint density at radius 3 is 3.13 bits per heavy atom. The van der Waals surface area contributed by atoms with Crippen LogP contribution in [0.4, 0.5) is 0 Å². The summed E-state index contributed by atoms with van der Waals surface area (Å²) in [5, 5.41) is 0. The molecule has 0 spiro atoms. The number of amides is 1. The van der Waals surface area contributed by atoms with Crippen molar-refractivity contribution in [2.75, 3.05) is 19.7 Å². The van der Waals surface area contributed by atoms with Crippen molar-refractivity contribution in [1.82, 2.24) is 19.4 Å². The summed E-state index contributed by atoms with van der Waals surface area (Å²) < 4.78 is 7.82. The van der Waals surface area contributed by atoms with Gasteiger partial charge in [-0.3, -0.25) is 9.78 Å². The average molecular weight is 314 g/mol. The van der Waals surface area contributed by atoms with Crippen LogP contribution in [0.2, 0.25) is 0 Å². The van der Waals surface area contributed by atoms with Gasteiger partial charge in [0.1, 0.15) is 6.10 Å². The van der Waals surface area contributed by atoms with Gasteiger partial charge in [-0.05, 0) is 31.0 Å². The maximum absolute atomic E-state index is 12.4. The summed E-state index contributed by atoms with van der Waals surface area (Å²) in [6.07, 6.45) is 8.57. The van der Waals surface area contributed by atoms with Gasteiger partial charge in [0, 0.05) is 43.8 Å². The number of hydrogen-bond acceptors (Lipinski definition) is 4. The van der Waals surface area contributed by atoms with Crippen LogP contribution in [0.5, 0.6) is 0 Å². The van der Waals surface area contributed by atoms with Crippen molar-refractivity contribution in [3.63, 3.8) is 0 Å². The van der Waals surface area contributed by atoms with Crippen molar-refractivity contribution in [2.45, 2.75) is 32.4 Å². The zero-order chi connectivity index (χ0) is 16.1. The Morgan fingerprint density at radius 2 is 2.35 bits per heavy atom. The molecule has 0 radical (unpaired) electrons. The fraction of sp³-hybridized carbons (Fsp3) is 0.471. The minimum Gasteiger partial charge on any atom is -0.370 e. The van der Waals surface area contributed by atoms with Crippen molar-refractivity contribution in [3.05, 3.63) is 48.3 Å². The second-order valence-electron chi connectivity index (χ2n) is 5.83. The Hall–Kier alpha value is -2.21. The number of carbonyl (C=O) groups excluding carboxylic acids is 1. The number of pyridine rings is 1. The van der Waals surface area contributed by atoms with Gasteiger partial charge in [0.05, 0.1) is 19.5 Å². The topological polar surface area (TPSA) is 60.2 Å². The van der Waals surface area contributed by atoms with Crippen molar-refractivity contribution in [1.29, 1.82) is 0 Å². The SMILES string of the molecule is Cc1cc([C@H]2CN(C(=O)CCCn3ccnc3)CCO2)ccn1. The fourth-order valence-corrected chi connectivity index (χ4v) is 2.84. The van der Waals surface area contributed by atoms with E-state index in [-0.39, 0.29) is 12.0 Å². The van der Waals surface area contributed by atoms with E-state index in [4.69, 9.17) is 4.74 Å². The van der Waals surface area contributed by atoms with Crippen LogP contribution in [-0.4, -0.2) is 45.0 Å². The van der Waals surface area contributed by atoms with Crippen LogP contribution in [0.3, 0.4) is 0 Å². The fourth-order valence-electron chi connectivity index (χ4n) is 2.84. The van der Waals surface area contributed by atoms with Crippen molar-refractivity contribution < 1.29 is 9.53 Å². The van der Waals surface area contributed by atoms with Crippen LogP contribution in [0.1, 0.15) is 30.2 Å². The summed E-state index contributed by atoms with van der Waals surface area (Å²) in [6.45, 7) is 4.66. The van der Waals surface area contributed by atoms with E-state index in [0.29, 0.717) is 26.1 Å². The zero-order valence-electron chi connectivity index (χ0n) is 13.4. The van der Waals surface area contributed by atoms with Gasteiger partial charge in [0.25, 0.3) is 0 Å². The summed E-state index contributed by atoms with van der Waals surface area (Å²) in [7, 11) is 0. The standard InChI is InChI=1S/C17H22N4O2/c1-14-11-15(4-5-19-14)16-12-21(9-10-23-16)17(22)3-2-7-20-8-6-18-13-20/h4-6,8,11,13,16H,2-3,7,9-10,12H2,1H3/t16-/m1/s1. The van der Waals surface area contributed by atoms with Crippen LogP contribution in [0.15, 0.2) is 37.1 Å². The zero-order valence-corrected chi connectivity index (χ0v) is 13.4. The van der Waals surface area contributed by atoms with Gasteiger partial charge in [0.2, 0.25) is 5.91 Å². The lowest BCUT2D eigenvalue weighted by Gasteiger charge is -2.33. The molecule has 122 valence electrons. The van der Waals surface area contributed by atoms with E-state index in [9.17, 15) is 4.79 Å². The highest BCUT2D eigenvalue weighted by Gasteiger charge is 2.25. The number of aryl methyl sites for hydroxylation is 2. The monoisotopic (exact) mass is 314 g/mol. The molecule has 6 nitrogen and oxygen atoms in total. The third-order valence-electron chi connectivity index (χ3n) is 4.08. The number of hydrogen-bond donors (Lipinski definition) is 0. The third kappa shape index (κ3) is 4.16. The first-order valence-electron chi connectivity index (χ1n) is 8.00. The quantitative estimate of drug-likeness (QED) is 0.846. The molecule has 1 fully saturated rings. The van der Waals surface area contributed by atoms with Crippen molar-refractivity contribution in [3.8, 4) is 0 Å². The molecule has 0 aromatic carbocycles. The number of aromatic nitrogens is 3. The van der Waals surface area contributed by atoms with E-state index in [1.54, 1.807) is 18.7 Å². The van der Waals surface area contributed by atoms with E-state index in [1.807, 2.05) is 34.7 Å². The number of rotatable bonds is 5. The normalized spacial score (nSPS) is 18.1. The lowest BCUT2D eigenvalue weighted by Crippen LogP contribution is -2.42. The predicted molar refractivity (Wildman–Crippen MR) is 85.7 cm³/mol. The van der Waals surface area contributed by atoms with Crippen LogP contribution >= 0.6 is 0 Å². The van der Waals surface area contributed by atoms with Gasteiger partial charge in [-0.2, -0.15) is 0 Å². The molecule has 1 aliphatic heterocycles. The number of ether oxygens (including phenoxy) is 1. The smallest absolute Gasteiger partial charge is 0.222 e. The van der Waals surface area contributed by atoms with Crippen molar-refractivity contribution in [2.24, 2.45) is 0 Å². The molecule has 2 aromatic heterocycles. The Morgan fingerprint density at radius 1 is 1.43 bits per heavy atom. The maximum Gasteiger partial charge on any atom is 0.222 e. The first-order chi connectivity index (χ1) is 11.2. The second-order valence-corrected chi connectivity index (χ2v) is 5.83. The van der Waals surface area contributed by atoms with Gasteiger partial charge in [-0.25, -0.2) is 4.98 Å². The van der Waals surface area contributed by atoms with Gasteiger partial charge in [-0.1, -0.05) is 0 Å². The molecular formula is C17H22N4O2. The van der Waals surface area contributed by atoms with Gasteiger partial charge >= 0.3 is 0 Å². The van der Waals surface area contributed by atoms with Crippen LogP contribution in [0.25, 0.3) is 0 Å². The molecule has 1 saturated heterocycles. The number of carbonyl (C=O) groups is 1. The van der Waals surface area contributed by atoms with Gasteiger partial charge in [-0.15, -0.1) is 0 Å². The summed E-state index contributed by atoms with van der Waals surface area (Å²) >= 11 is 0. The highest BCUT2D eigenvalue weighted by atomic mass is 16.5. The molecule has 3 rings (SSSR count). The molecule has 23 heavy (non-hydrogen) atoms. The van der Waals surface area contributed by atoms with Crippen LogP contribution in [-0.2, 0) is 16.1 Å². The lowest BCUT2D eigenvalue weighted by atomic mass is 10.1. The second kappa shape index (κ2) is 7.37. The maximum atomic E-state index is 12.4. The number of morpholine rings is 1. The molecule has 6 heteroatoms. The van der Waals surface area contributed by atoms with Crippen LogP contribution < -0.4 is 0 Å². The first kappa shape index (κ1) is 15.7. The molecule has 0 bridgehead atoms. The van der Waals surface area contributed by atoms with Gasteiger partial charge in [0.15, 0.2) is 0 Å². The molecule has 0 unspecified atom stereocenters. The third-order valence-corrected chi connectivity index (χ3v) is 4.08. The van der Waals surface area contributed by atoms with Crippen LogP contribution in [0, 0.1) is 6.92 Å². The minimum atomic E-state index is -0.0527. The largest absolute Gasteiger partial charge is 0.370 e. The van der Waals surface area contributed by atoms with E-state index < -0.39 is 0 Å². The number of nitrogens with zero attached hydrogens (tertiary/aromatic N) is 4. The molecule has 0 N–H and O–H groups in total. The molecule has 1 aliphatic rings. The van der Waals surface area contributed by atoms with Gasteiger partial charge < -0.3 is 14.2 Å². The summed E-state index contributed by atoms with van der Waals surface area (Å²) in [5.74, 6) is 0.198. The minimum absolute atomic E-state index is 0.0527. The molecule has 3 heterocycles. The summed E-state index contributed by atoms with van der Waals surface area (Å²) in [4.78, 5) is 22.5. The summed E-state index contributed by atoms with van der Waals surface area (Å²) in [5.41, 5.74) is 2.06. The Bertz CT molecular complexity index is 642. The molecule has 2 aromatic rings. The highest BCUT2D eigenvalue weighted by Crippen LogP contribution is 2.22. The predicted octanol–water partition coefficient (Wildman–Crippen LogP) is 1.97. The van der Waals surface area contributed by atoms with E-state index in [0.717, 1.165) is 24.2 Å². The lowest BCUT2D eigenvalue weighted by molar-refractivity contribution is -0.139. The molecule has 0 aliphatic carbocycles. The Kier molecular flexibility index (Phi) is 5.02. The number of imidazole rings is 1. The molecular weight excluding hydrogens is 292 g/mol. The first-order valence-corrected chi connectivity index (χ1v) is 8.00. The Labute approximate surface area is 136 Å². The van der Waals surface area contributed by atoms with E-state index in [1.165, 1.54) is 0 Å². The van der Waals surface area contributed by atoms with Crippen molar-refractivity contribution >= 4 is 5.91 Å². The molecule has 0 saturated carbocycles. The Balaban J connectivity index is 1.52. The average Bonchev–Trinajstić information content (AvgIpc) is 3.08. The molecule has 1 atom stereocenters. The summed E-state index contributed by atoms with van der Waals surface area (Å²) in [6, 6.07) is 3.99.